The number of aliphatic hydroxyl groups excluding tert-OH is 1. The fraction of sp³-hybridized carbons (Fsp3) is 0.450. The number of piperidine rings is 1. The van der Waals surface area contributed by atoms with E-state index in [0.29, 0.717) is 34.6 Å². The summed E-state index contributed by atoms with van der Waals surface area (Å²) in [7, 11) is 0. The largest absolute Gasteiger partial charge is 0.491 e. The molecular formula is C40H48ClN7O4. The molecule has 0 radical (unpaired) electrons. The molecule has 2 unspecified atom stereocenters. The molecule has 11 nitrogen and oxygen atoms in total. The third kappa shape index (κ3) is 7.90. The second-order valence-corrected chi connectivity index (χ2v) is 15.3. The molecule has 2 aromatic carbocycles. The van der Waals surface area contributed by atoms with Crippen molar-refractivity contribution in [3.63, 3.8) is 0 Å². The van der Waals surface area contributed by atoms with E-state index in [-0.39, 0.29) is 30.6 Å². The number of aromatic nitrogens is 5. The number of carbonyl (C=O) groups excluding carboxylic acids is 1. The van der Waals surface area contributed by atoms with Crippen molar-refractivity contribution in [3.8, 4) is 17.2 Å². The number of ether oxygens (including phenoxy) is 2. The van der Waals surface area contributed by atoms with Gasteiger partial charge in [-0.1, -0.05) is 56.6 Å². The molecule has 2 atom stereocenters. The fourth-order valence-corrected chi connectivity index (χ4v) is 7.50. The molecule has 7 rings (SSSR count). The van der Waals surface area contributed by atoms with Crippen molar-refractivity contribution in [2.75, 3.05) is 36.5 Å². The van der Waals surface area contributed by atoms with Gasteiger partial charge in [-0.25, -0.2) is 4.68 Å². The van der Waals surface area contributed by atoms with Crippen LogP contribution >= 0.6 is 11.6 Å². The highest BCUT2D eigenvalue weighted by molar-refractivity contribution is 6.32. The van der Waals surface area contributed by atoms with Crippen LogP contribution in [0.5, 0.6) is 11.5 Å². The van der Waals surface area contributed by atoms with Gasteiger partial charge in [-0.3, -0.25) is 9.20 Å². The van der Waals surface area contributed by atoms with Crippen LogP contribution in [-0.4, -0.2) is 61.7 Å². The maximum atomic E-state index is 13.4. The van der Waals surface area contributed by atoms with Gasteiger partial charge in [0.2, 0.25) is 11.9 Å². The van der Waals surface area contributed by atoms with E-state index in [1.54, 1.807) is 22.9 Å². The van der Waals surface area contributed by atoms with Crippen LogP contribution in [-0.2, 0) is 10.2 Å². The Kier molecular flexibility index (Phi) is 10.7. The SMILES string of the molecule is CC(C)(C)c1cc(NC(=O)CCCC2CCC(Oc3ccc4nnc(N5CCCCC5)n4c3)c3ccccc32)n(-c2cc(OCCO)ccc2Cl)n1. The zero-order chi connectivity index (χ0) is 36.2. The standard InChI is InChI=1S/C40H48ClN7O4/c1-40(2,3)35-25-37(48(45-35)33-24-28(51-23-22-49)15-17-32(33)41)42-38(50)13-9-10-27-14-18-34(31-12-6-5-11-30(27)31)52-29-16-19-36-43-44-39(47(36)26-29)46-20-7-4-8-21-46/h5-6,11-12,15-17,19,24-27,34,49H,4,7-10,13-14,18,20-23H2,1-3H3,(H,42,50). The predicted molar refractivity (Wildman–Crippen MR) is 203 cm³/mol. The van der Waals surface area contributed by atoms with E-state index in [1.807, 2.05) is 24.4 Å². The minimum absolute atomic E-state index is 0.0558. The molecule has 0 bridgehead atoms. The number of pyridine rings is 1. The monoisotopic (exact) mass is 725 g/mol. The first-order valence-electron chi connectivity index (χ1n) is 18.5. The number of rotatable bonds is 12. The molecule has 4 heterocycles. The smallest absolute Gasteiger partial charge is 0.231 e. The average Bonchev–Trinajstić information content (AvgIpc) is 3.77. The van der Waals surface area contributed by atoms with Crippen molar-refractivity contribution in [3.05, 3.63) is 88.7 Å². The van der Waals surface area contributed by atoms with Crippen LogP contribution in [0.25, 0.3) is 11.3 Å². The quantitative estimate of drug-likeness (QED) is 0.133. The van der Waals surface area contributed by atoms with E-state index >= 15 is 0 Å². The molecule has 5 aromatic rings. The van der Waals surface area contributed by atoms with Gasteiger partial charge in [-0.2, -0.15) is 5.10 Å². The zero-order valence-electron chi connectivity index (χ0n) is 30.2. The van der Waals surface area contributed by atoms with Crippen LogP contribution in [0.2, 0.25) is 5.02 Å². The van der Waals surface area contributed by atoms with Crippen LogP contribution < -0.4 is 19.7 Å². The Labute approximate surface area is 309 Å². The van der Waals surface area contributed by atoms with Crippen molar-refractivity contribution in [2.24, 2.45) is 0 Å². The Morgan fingerprint density at radius 1 is 0.981 bits per heavy atom. The van der Waals surface area contributed by atoms with Crippen LogP contribution in [0.3, 0.4) is 0 Å². The lowest BCUT2D eigenvalue weighted by Gasteiger charge is -2.32. The van der Waals surface area contributed by atoms with Gasteiger partial charge in [0.15, 0.2) is 5.65 Å². The van der Waals surface area contributed by atoms with Crippen LogP contribution in [0.15, 0.2) is 66.9 Å². The Hall–Kier alpha value is -4.61. The summed E-state index contributed by atoms with van der Waals surface area (Å²) in [6, 6.07) is 19.7. The summed E-state index contributed by atoms with van der Waals surface area (Å²) in [4.78, 5) is 15.7. The Bertz CT molecular complexity index is 2010. The highest BCUT2D eigenvalue weighted by Gasteiger charge is 2.29. The van der Waals surface area contributed by atoms with Crippen molar-refractivity contribution < 1.29 is 19.4 Å². The summed E-state index contributed by atoms with van der Waals surface area (Å²) in [5, 5.41) is 26.5. The lowest BCUT2D eigenvalue weighted by Crippen LogP contribution is -2.31. The van der Waals surface area contributed by atoms with Gasteiger partial charge < -0.3 is 24.8 Å². The highest BCUT2D eigenvalue weighted by Crippen LogP contribution is 2.42. The van der Waals surface area contributed by atoms with Crippen LogP contribution in [0.1, 0.15) is 101 Å². The number of fused-ring (bicyclic) bond motifs is 2. The predicted octanol–water partition coefficient (Wildman–Crippen LogP) is 8.03. The molecule has 1 aliphatic carbocycles. The molecule has 2 N–H and O–H groups in total. The van der Waals surface area contributed by atoms with Crippen molar-refractivity contribution in [1.29, 1.82) is 0 Å². The normalized spacial score (nSPS) is 17.6. The first-order chi connectivity index (χ1) is 25.2. The molecule has 0 spiro atoms. The highest BCUT2D eigenvalue weighted by atomic mass is 35.5. The minimum atomic E-state index is -0.252. The lowest BCUT2D eigenvalue weighted by atomic mass is 9.79. The number of nitrogens with one attached hydrogen (secondary N) is 1. The van der Waals surface area contributed by atoms with Crippen molar-refractivity contribution >= 4 is 34.9 Å². The topological polar surface area (TPSA) is 119 Å². The van der Waals surface area contributed by atoms with E-state index in [0.717, 1.165) is 61.8 Å². The van der Waals surface area contributed by atoms with Gasteiger partial charge in [0.1, 0.15) is 30.0 Å². The second-order valence-electron chi connectivity index (χ2n) is 14.9. The Morgan fingerprint density at radius 2 is 1.77 bits per heavy atom. The van der Waals surface area contributed by atoms with Gasteiger partial charge in [0, 0.05) is 37.1 Å². The first kappa shape index (κ1) is 35.8. The molecule has 52 heavy (non-hydrogen) atoms. The molecule has 2 aliphatic rings. The van der Waals surface area contributed by atoms with Crippen molar-refractivity contribution in [1.82, 2.24) is 24.4 Å². The summed E-state index contributed by atoms with van der Waals surface area (Å²) in [6.45, 7) is 8.29. The van der Waals surface area contributed by atoms with Gasteiger partial charge in [0.05, 0.1) is 29.2 Å². The molecule has 1 fully saturated rings. The number of hydrogen-bond donors (Lipinski definition) is 2. The number of amides is 1. The number of anilines is 2. The van der Waals surface area contributed by atoms with Gasteiger partial charge in [-0.15, -0.1) is 10.2 Å². The van der Waals surface area contributed by atoms with E-state index < -0.39 is 0 Å². The molecular weight excluding hydrogens is 678 g/mol. The molecule has 1 amide bonds. The van der Waals surface area contributed by atoms with Crippen LogP contribution in [0.4, 0.5) is 11.8 Å². The summed E-state index contributed by atoms with van der Waals surface area (Å²) < 4.78 is 16.0. The van der Waals surface area contributed by atoms with E-state index in [2.05, 4.69) is 69.9 Å². The maximum absolute atomic E-state index is 13.4. The fourth-order valence-electron chi connectivity index (χ4n) is 7.31. The molecule has 0 saturated carbocycles. The number of nitrogens with zero attached hydrogens (tertiary/aromatic N) is 6. The van der Waals surface area contributed by atoms with Crippen LogP contribution in [0, 0.1) is 0 Å². The summed E-state index contributed by atoms with van der Waals surface area (Å²) >= 11 is 6.62. The number of benzene rings is 2. The third-order valence-electron chi connectivity index (χ3n) is 10.0. The number of aliphatic hydroxyl groups is 1. The number of carbonyl (C=O) groups is 1. The van der Waals surface area contributed by atoms with Gasteiger partial charge in [-0.05, 0) is 86.3 Å². The second kappa shape index (κ2) is 15.6. The molecule has 1 saturated heterocycles. The number of halogens is 1. The van der Waals surface area contributed by atoms with E-state index in [1.165, 1.54) is 30.4 Å². The van der Waals surface area contributed by atoms with Crippen molar-refractivity contribution in [2.45, 2.75) is 89.6 Å². The van der Waals surface area contributed by atoms with E-state index in [4.69, 9.17) is 26.2 Å². The maximum Gasteiger partial charge on any atom is 0.231 e. The third-order valence-corrected chi connectivity index (χ3v) is 10.4. The Balaban J connectivity index is 1.01. The lowest BCUT2D eigenvalue weighted by molar-refractivity contribution is -0.116. The Morgan fingerprint density at radius 3 is 2.56 bits per heavy atom. The summed E-state index contributed by atoms with van der Waals surface area (Å²) in [6.07, 6.45) is 9.46. The molecule has 3 aromatic heterocycles. The van der Waals surface area contributed by atoms with Gasteiger partial charge >= 0.3 is 0 Å². The van der Waals surface area contributed by atoms with E-state index in [9.17, 15) is 9.90 Å². The zero-order valence-corrected chi connectivity index (χ0v) is 31.0. The minimum Gasteiger partial charge on any atom is -0.491 e. The summed E-state index contributed by atoms with van der Waals surface area (Å²) in [5.74, 6) is 3.05. The molecule has 1 aliphatic heterocycles. The number of hydrogen-bond acceptors (Lipinski definition) is 8. The summed E-state index contributed by atoms with van der Waals surface area (Å²) in [5.41, 5.74) is 4.48. The molecule has 274 valence electrons. The van der Waals surface area contributed by atoms with Gasteiger partial charge in [0.25, 0.3) is 0 Å². The average molecular weight is 726 g/mol. The molecule has 12 heteroatoms. The first-order valence-corrected chi connectivity index (χ1v) is 18.8.